The van der Waals surface area contributed by atoms with Crippen molar-refractivity contribution in [1.82, 2.24) is 25.1 Å². The molecule has 2 aromatic heterocycles. The number of piperidine rings is 1. The zero-order chi connectivity index (χ0) is 22.1. The molecular weight excluding hydrogens is 508 g/mol. The Morgan fingerprint density at radius 2 is 2.03 bits per heavy atom. The molecule has 3 aromatic rings. The maximum atomic E-state index is 15.0. The number of halogens is 2. The van der Waals surface area contributed by atoms with E-state index in [1.165, 1.54) is 0 Å². The second-order valence-corrected chi connectivity index (χ2v) is 9.48. The first-order chi connectivity index (χ1) is 14.8. The van der Waals surface area contributed by atoms with Crippen LogP contribution < -0.4 is 10.6 Å². The van der Waals surface area contributed by atoms with Crippen LogP contribution in [0, 0.1) is 23.2 Å². The van der Waals surface area contributed by atoms with Gasteiger partial charge >= 0.3 is 0 Å². The second-order valence-electron chi connectivity index (χ2n) is 8.32. The van der Waals surface area contributed by atoms with Crippen LogP contribution >= 0.6 is 22.6 Å². The van der Waals surface area contributed by atoms with Crippen molar-refractivity contribution in [2.45, 2.75) is 45.6 Å². The molecule has 3 heterocycles. The van der Waals surface area contributed by atoms with Gasteiger partial charge in [-0.15, -0.1) is 0 Å². The molecule has 0 amide bonds. The van der Waals surface area contributed by atoms with Gasteiger partial charge in [-0.2, -0.15) is 10.1 Å². The third-order valence-electron chi connectivity index (χ3n) is 5.95. The van der Waals surface area contributed by atoms with Gasteiger partial charge in [0.05, 0.1) is 9.26 Å². The number of H-pyrrole nitrogens is 1. The Hall–Kier alpha value is -2.27. The molecule has 1 aliphatic rings. The van der Waals surface area contributed by atoms with E-state index in [1.807, 2.05) is 26.0 Å². The summed E-state index contributed by atoms with van der Waals surface area (Å²) in [5, 5.41) is 13.3. The highest BCUT2D eigenvalue weighted by Gasteiger charge is 2.26. The van der Waals surface area contributed by atoms with Crippen LogP contribution in [0.1, 0.15) is 42.5 Å². The molecule has 7 nitrogen and oxygen atoms in total. The minimum Gasteiger partial charge on any atom is -0.322 e. The van der Waals surface area contributed by atoms with Crippen molar-refractivity contribution in [1.29, 1.82) is 0 Å². The highest BCUT2D eigenvalue weighted by atomic mass is 127. The maximum absolute atomic E-state index is 15.0. The lowest BCUT2D eigenvalue weighted by Gasteiger charge is -2.36. The van der Waals surface area contributed by atoms with Crippen molar-refractivity contribution >= 4 is 45.9 Å². The zero-order valence-electron chi connectivity index (χ0n) is 18.1. The van der Waals surface area contributed by atoms with Gasteiger partial charge in [0.15, 0.2) is 11.6 Å². The molecule has 9 heteroatoms. The van der Waals surface area contributed by atoms with Crippen LogP contribution in [0.15, 0.2) is 24.4 Å². The van der Waals surface area contributed by atoms with Crippen molar-refractivity contribution in [3.05, 3.63) is 50.6 Å². The average Bonchev–Trinajstić information content (AvgIpc) is 3.14. The van der Waals surface area contributed by atoms with Crippen molar-refractivity contribution in [2.24, 2.45) is 0 Å². The van der Waals surface area contributed by atoms with E-state index in [0.717, 1.165) is 39.8 Å². The molecule has 1 fully saturated rings. The van der Waals surface area contributed by atoms with Crippen LogP contribution in [-0.2, 0) is 0 Å². The van der Waals surface area contributed by atoms with Gasteiger partial charge < -0.3 is 15.5 Å². The first-order valence-corrected chi connectivity index (χ1v) is 11.5. The number of nitrogens with zero attached hydrogens (tertiary/aromatic N) is 4. The Morgan fingerprint density at radius 3 is 2.74 bits per heavy atom. The van der Waals surface area contributed by atoms with Crippen LogP contribution in [0.25, 0.3) is 0 Å². The summed E-state index contributed by atoms with van der Waals surface area (Å²) in [6.07, 6.45) is 3.79. The number of aryl methyl sites for hydroxylation is 2. The van der Waals surface area contributed by atoms with Gasteiger partial charge in [0.2, 0.25) is 5.95 Å². The number of aromatic amines is 1. The van der Waals surface area contributed by atoms with E-state index in [2.05, 4.69) is 72.3 Å². The second kappa shape index (κ2) is 9.07. The molecule has 0 saturated carbocycles. The molecule has 0 aliphatic carbocycles. The largest absolute Gasteiger partial charge is 0.322 e. The highest BCUT2D eigenvalue weighted by molar-refractivity contribution is 14.1. The van der Waals surface area contributed by atoms with Gasteiger partial charge in [-0.1, -0.05) is 0 Å². The van der Waals surface area contributed by atoms with E-state index in [1.54, 1.807) is 12.3 Å². The molecule has 0 bridgehead atoms. The quantitative estimate of drug-likeness (QED) is 0.388. The Morgan fingerprint density at radius 1 is 1.23 bits per heavy atom. The van der Waals surface area contributed by atoms with Gasteiger partial charge in [-0.3, -0.25) is 5.10 Å². The normalized spacial score (nSPS) is 19.4. The number of anilines is 4. The molecule has 2 unspecified atom stereocenters. The number of hydrogen-bond donors (Lipinski definition) is 3. The molecule has 4 rings (SSSR count). The minimum atomic E-state index is -0.285. The minimum absolute atomic E-state index is 0.285. The van der Waals surface area contributed by atoms with Gasteiger partial charge in [0, 0.05) is 24.0 Å². The predicted molar refractivity (Wildman–Crippen MR) is 130 cm³/mol. The summed E-state index contributed by atoms with van der Waals surface area (Å²) in [7, 11) is 2.15. The number of nitrogens with one attached hydrogen (secondary N) is 3. The third-order valence-corrected chi connectivity index (χ3v) is 6.74. The van der Waals surface area contributed by atoms with E-state index < -0.39 is 0 Å². The number of rotatable bonds is 5. The summed E-state index contributed by atoms with van der Waals surface area (Å²) in [6.45, 7) is 7.24. The van der Waals surface area contributed by atoms with Gasteiger partial charge in [0.1, 0.15) is 5.82 Å². The van der Waals surface area contributed by atoms with E-state index in [0.29, 0.717) is 35.2 Å². The molecule has 3 N–H and O–H groups in total. The first kappa shape index (κ1) is 21.9. The fourth-order valence-corrected chi connectivity index (χ4v) is 4.44. The molecule has 1 saturated heterocycles. The summed E-state index contributed by atoms with van der Waals surface area (Å²) in [5.41, 5.74) is 3.51. The Balaban J connectivity index is 1.54. The highest BCUT2D eigenvalue weighted by Crippen LogP contribution is 2.35. The van der Waals surface area contributed by atoms with E-state index in [4.69, 9.17) is 0 Å². The maximum Gasteiger partial charge on any atom is 0.229 e. The third kappa shape index (κ3) is 4.98. The summed E-state index contributed by atoms with van der Waals surface area (Å²) < 4.78 is 15.9. The lowest BCUT2D eigenvalue weighted by molar-refractivity contribution is 0.182. The predicted octanol–water partition coefficient (Wildman–Crippen LogP) is 5.25. The van der Waals surface area contributed by atoms with E-state index in [9.17, 15) is 0 Å². The summed E-state index contributed by atoms with van der Waals surface area (Å²) in [6, 6.07) is 5.93. The van der Waals surface area contributed by atoms with Crippen LogP contribution in [0.4, 0.5) is 27.7 Å². The Labute approximate surface area is 195 Å². The average molecular weight is 535 g/mol. The number of aromatic nitrogens is 4. The van der Waals surface area contributed by atoms with Crippen LogP contribution in [0.2, 0.25) is 0 Å². The van der Waals surface area contributed by atoms with Gasteiger partial charge in [-0.25, -0.2) is 9.37 Å². The molecule has 2 atom stereocenters. The molecule has 0 spiro atoms. The molecule has 1 aromatic carbocycles. The van der Waals surface area contributed by atoms with Gasteiger partial charge in [0.25, 0.3) is 0 Å². The topological polar surface area (TPSA) is 81.8 Å². The lowest BCUT2D eigenvalue weighted by Crippen LogP contribution is -2.37. The van der Waals surface area contributed by atoms with Crippen molar-refractivity contribution in [3.8, 4) is 0 Å². The first-order valence-electron chi connectivity index (χ1n) is 10.4. The Kier molecular flexibility index (Phi) is 6.42. The van der Waals surface area contributed by atoms with Crippen LogP contribution in [0.3, 0.4) is 0 Å². The fourth-order valence-electron chi connectivity index (χ4n) is 4.04. The molecule has 31 heavy (non-hydrogen) atoms. The van der Waals surface area contributed by atoms with E-state index in [-0.39, 0.29) is 5.82 Å². The summed E-state index contributed by atoms with van der Waals surface area (Å²) in [4.78, 5) is 11.2. The van der Waals surface area contributed by atoms with Gasteiger partial charge in [-0.05, 0) is 99.0 Å². The summed E-state index contributed by atoms with van der Waals surface area (Å²) in [5.74, 6) is 1.70. The van der Waals surface area contributed by atoms with Crippen LogP contribution in [-0.4, -0.2) is 44.7 Å². The lowest BCUT2D eigenvalue weighted by atomic mass is 9.84. The number of likely N-dealkylation sites (tertiary alicyclic amines) is 1. The molecule has 1 aliphatic heterocycles. The standard InChI is InChI=1S/C22H27FIN7/c1-12-7-19(17(23)10-16(12)15-5-6-31(4)14(3)9-15)26-22-25-11-18(24)21(28-22)27-20-8-13(2)29-30-20/h7-8,10-11,14-15H,5-6,9H2,1-4H3,(H3,25,26,27,28,29,30). The number of benzene rings is 1. The fraction of sp³-hybridized carbons (Fsp3) is 0.409. The zero-order valence-corrected chi connectivity index (χ0v) is 20.3. The SMILES string of the molecule is Cc1cc(Nc2nc(Nc3cc(C)c(C4CCN(C)C(C)C4)cc3F)ncc2I)n[nH]1. The van der Waals surface area contributed by atoms with Crippen molar-refractivity contribution in [2.75, 3.05) is 24.2 Å². The van der Waals surface area contributed by atoms with Crippen LogP contribution in [0.5, 0.6) is 0 Å². The van der Waals surface area contributed by atoms with Crippen molar-refractivity contribution in [3.63, 3.8) is 0 Å². The molecular formula is C22H27FIN7. The molecule has 0 radical (unpaired) electrons. The number of hydrogen-bond acceptors (Lipinski definition) is 6. The smallest absolute Gasteiger partial charge is 0.229 e. The summed E-state index contributed by atoms with van der Waals surface area (Å²) >= 11 is 2.15. The monoisotopic (exact) mass is 535 g/mol. The van der Waals surface area contributed by atoms with E-state index >= 15 is 4.39 Å². The Bertz CT molecular complexity index is 1080. The molecule has 164 valence electrons. The van der Waals surface area contributed by atoms with Crippen molar-refractivity contribution < 1.29 is 4.39 Å².